The third kappa shape index (κ3) is 2.10. The summed E-state index contributed by atoms with van der Waals surface area (Å²) in [4.78, 5) is 0. The van der Waals surface area contributed by atoms with E-state index in [9.17, 15) is 0 Å². The molecule has 0 saturated heterocycles. The molecule has 2 heteroatoms. The SMILES string of the molecule is CO/C=C(/c1ccccc1)c1ccco1. The van der Waals surface area contributed by atoms with Crippen LogP contribution < -0.4 is 0 Å². The maximum absolute atomic E-state index is 5.35. The minimum atomic E-state index is 0.808. The first-order valence-electron chi connectivity index (χ1n) is 4.74. The lowest BCUT2D eigenvalue weighted by molar-refractivity contribution is 0.339. The van der Waals surface area contributed by atoms with Gasteiger partial charge in [-0.05, 0) is 17.7 Å². The molecule has 0 spiro atoms. The third-order valence-corrected chi connectivity index (χ3v) is 2.11. The minimum Gasteiger partial charge on any atom is -0.504 e. The monoisotopic (exact) mass is 200 g/mol. The zero-order chi connectivity index (χ0) is 10.5. The van der Waals surface area contributed by atoms with Crippen LogP contribution >= 0.6 is 0 Å². The molecule has 2 rings (SSSR count). The van der Waals surface area contributed by atoms with Crippen LogP contribution in [0.25, 0.3) is 5.57 Å². The first-order valence-corrected chi connectivity index (χ1v) is 4.74. The highest BCUT2D eigenvalue weighted by molar-refractivity contribution is 5.76. The van der Waals surface area contributed by atoms with Crippen LogP contribution in [0, 0.1) is 0 Å². The van der Waals surface area contributed by atoms with E-state index in [0.29, 0.717) is 0 Å². The van der Waals surface area contributed by atoms with Gasteiger partial charge in [0.15, 0.2) is 0 Å². The van der Waals surface area contributed by atoms with Gasteiger partial charge >= 0.3 is 0 Å². The van der Waals surface area contributed by atoms with Gasteiger partial charge in [0.1, 0.15) is 5.76 Å². The van der Waals surface area contributed by atoms with Crippen molar-refractivity contribution in [1.29, 1.82) is 0 Å². The molecule has 0 atom stereocenters. The third-order valence-electron chi connectivity index (χ3n) is 2.11. The maximum Gasteiger partial charge on any atom is 0.137 e. The van der Waals surface area contributed by atoms with E-state index in [1.807, 2.05) is 42.5 Å². The van der Waals surface area contributed by atoms with Crippen molar-refractivity contribution in [2.24, 2.45) is 0 Å². The van der Waals surface area contributed by atoms with Crippen molar-refractivity contribution in [1.82, 2.24) is 0 Å². The summed E-state index contributed by atoms with van der Waals surface area (Å²) in [5.41, 5.74) is 2.03. The topological polar surface area (TPSA) is 22.4 Å². The summed E-state index contributed by atoms with van der Waals surface area (Å²) in [7, 11) is 1.63. The van der Waals surface area contributed by atoms with E-state index in [1.54, 1.807) is 19.6 Å². The van der Waals surface area contributed by atoms with Crippen molar-refractivity contribution >= 4 is 5.57 Å². The Morgan fingerprint density at radius 3 is 2.53 bits per heavy atom. The molecule has 0 N–H and O–H groups in total. The summed E-state index contributed by atoms with van der Waals surface area (Å²) in [5, 5.41) is 0. The van der Waals surface area contributed by atoms with Crippen LogP contribution in [0.3, 0.4) is 0 Å². The fourth-order valence-corrected chi connectivity index (χ4v) is 1.44. The van der Waals surface area contributed by atoms with Gasteiger partial charge in [-0.2, -0.15) is 0 Å². The van der Waals surface area contributed by atoms with E-state index < -0.39 is 0 Å². The predicted molar refractivity (Wildman–Crippen MR) is 59.2 cm³/mol. The number of furan rings is 1. The van der Waals surface area contributed by atoms with Gasteiger partial charge in [-0.3, -0.25) is 0 Å². The largest absolute Gasteiger partial charge is 0.504 e. The highest BCUT2D eigenvalue weighted by Gasteiger charge is 2.07. The molecule has 0 fully saturated rings. The van der Waals surface area contributed by atoms with Gasteiger partial charge in [0.05, 0.1) is 25.2 Å². The Morgan fingerprint density at radius 1 is 1.13 bits per heavy atom. The number of ether oxygens (including phenoxy) is 1. The number of hydrogen-bond donors (Lipinski definition) is 0. The number of benzene rings is 1. The van der Waals surface area contributed by atoms with Crippen LogP contribution in [-0.2, 0) is 4.74 Å². The quantitative estimate of drug-likeness (QED) is 0.709. The van der Waals surface area contributed by atoms with Gasteiger partial charge in [0.25, 0.3) is 0 Å². The molecule has 0 unspecified atom stereocenters. The van der Waals surface area contributed by atoms with Gasteiger partial charge in [-0.15, -0.1) is 0 Å². The van der Waals surface area contributed by atoms with Crippen LogP contribution in [0.5, 0.6) is 0 Å². The lowest BCUT2D eigenvalue weighted by Crippen LogP contribution is -1.86. The molecule has 1 aromatic heterocycles. The highest BCUT2D eigenvalue weighted by atomic mass is 16.5. The molecule has 0 aliphatic rings. The molecule has 76 valence electrons. The molecule has 1 aromatic carbocycles. The molecule has 0 amide bonds. The molecule has 0 aliphatic carbocycles. The Morgan fingerprint density at radius 2 is 1.93 bits per heavy atom. The lowest BCUT2D eigenvalue weighted by Gasteiger charge is -2.03. The smallest absolute Gasteiger partial charge is 0.137 e. The normalized spacial score (nSPS) is 11.4. The summed E-state index contributed by atoms with van der Waals surface area (Å²) in [6, 6.07) is 13.8. The van der Waals surface area contributed by atoms with Crippen molar-refractivity contribution in [2.45, 2.75) is 0 Å². The minimum absolute atomic E-state index is 0.808. The van der Waals surface area contributed by atoms with Crippen LogP contribution in [0.1, 0.15) is 11.3 Å². The molecule has 0 saturated carbocycles. The van der Waals surface area contributed by atoms with E-state index in [4.69, 9.17) is 9.15 Å². The summed E-state index contributed by atoms with van der Waals surface area (Å²) in [6.45, 7) is 0. The number of methoxy groups -OCH3 is 1. The first kappa shape index (κ1) is 9.59. The maximum atomic E-state index is 5.35. The Bertz CT molecular complexity index is 427. The molecule has 0 aliphatic heterocycles. The molecule has 15 heavy (non-hydrogen) atoms. The van der Waals surface area contributed by atoms with E-state index in [0.717, 1.165) is 16.9 Å². The zero-order valence-corrected chi connectivity index (χ0v) is 8.51. The summed E-state index contributed by atoms with van der Waals surface area (Å²) >= 11 is 0. The van der Waals surface area contributed by atoms with Crippen LogP contribution in [-0.4, -0.2) is 7.11 Å². The Hall–Kier alpha value is -1.96. The van der Waals surface area contributed by atoms with Crippen LogP contribution in [0.2, 0.25) is 0 Å². The summed E-state index contributed by atoms with van der Waals surface area (Å²) < 4.78 is 10.4. The molecule has 2 aromatic rings. The second-order valence-corrected chi connectivity index (χ2v) is 3.11. The van der Waals surface area contributed by atoms with Crippen molar-refractivity contribution in [3.05, 3.63) is 66.3 Å². The van der Waals surface area contributed by atoms with E-state index >= 15 is 0 Å². The fourth-order valence-electron chi connectivity index (χ4n) is 1.44. The lowest BCUT2D eigenvalue weighted by atomic mass is 10.1. The number of rotatable bonds is 3. The van der Waals surface area contributed by atoms with Gasteiger partial charge in [0, 0.05) is 0 Å². The molecule has 0 bridgehead atoms. The zero-order valence-electron chi connectivity index (χ0n) is 8.51. The fraction of sp³-hybridized carbons (Fsp3) is 0.0769. The van der Waals surface area contributed by atoms with Crippen LogP contribution in [0.15, 0.2) is 59.4 Å². The average molecular weight is 200 g/mol. The first-order chi connectivity index (χ1) is 7.42. The molecule has 0 radical (unpaired) electrons. The summed E-state index contributed by atoms with van der Waals surface area (Å²) in [6.07, 6.45) is 3.34. The average Bonchev–Trinajstić information content (AvgIpc) is 2.80. The van der Waals surface area contributed by atoms with Crippen molar-refractivity contribution in [3.63, 3.8) is 0 Å². The second-order valence-electron chi connectivity index (χ2n) is 3.11. The van der Waals surface area contributed by atoms with Gasteiger partial charge in [0.2, 0.25) is 0 Å². The standard InChI is InChI=1S/C13H12O2/c1-14-10-12(13-8-5-9-15-13)11-6-3-2-4-7-11/h2-10H,1H3/b12-10-. The van der Waals surface area contributed by atoms with Crippen molar-refractivity contribution in [3.8, 4) is 0 Å². The highest BCUT2D eigenvalue weighted by Crippen LogP contribution is 2.23. The predicted octanol–water partition coefficient (Wildman–Crippen LogP) is 3.32. The van der Waals surface area contributed by atoms with Gasteiger partial charge in [-0.1, -0.05) is 30.3 Å². The van der Waals surface area contributed by atoms with Gasteiger partial charge in [-0.25, -0.2) is 0 Å². The van der Waals surface area contributed by atoms with E-state index in [-0.39, 0.29) is 0 Å². The summed E-state index contributed by atoms with van der Waals surface area (Å²) in [5.74, 6) is 0.808. The Kier molecular flexibility index (Phi) is 2.88. The Labute approximate surface area is 88.8 Å². The molecular formula is C13H12O2. The van der Waals surface area contributed by atoms with Gasteiger partial charge < -0.3 is 9.15 Å². The molecule has 2 nitrogen and oxygen atoms in total. The van der Waals surface area contributed by atoms with E-state index in [1.165, 1.54) is 0 Å². The van der Waals surface area contributed by atoms with E-state index in [2.05, 4.69) is 0 Å². The second kappa shape index (κ2) is 4.51. The van der Waals surface area contributed by atoms with Crippen LogP contribution in [0.4, 0.5) is 0 Å². The molecular weight excluding hydrogens is 188 g/mol. The van der Waals surface area contributed by atoms with Crippen molar-refractivity contribution < 1.29 is 9.15 Å². The molecule has 1 heterocycles. The Balaban J connectivity index is 2.42. The number of hydrogen-bond acceptors (Lipinski definition) is 2. The van der Waals surface area contributed by atoms with Crippen molar-refractivity contribution in [2.75, 3.05) is 7.11 Å².